The Balaban J connectivity index is 1.94. The molecule has 0 radical (unpaired) electrons. The summed E-state index contributed by atoms with van der Waals surface area (Å²) in [7, 11) is 0. The number of aromatic nitrogens is 1. The first kappa shape index (κ1) is 22.7. The average molecular weight is 429 g/mol. The first-order valence-corrected chi connectivity index (χ1v) is 10.6. The predicted molar refractivity (Wildman–Crippen MR) is 118 cm³/mol. The molecule has 1 aliphatic heterocycles. The van der Waals surface area contributed by atoms with Crippen LogP contribution in [0.4, 0.5) is 4.79 Å². The summed E-state index contributed by atoms with van der Waals surface area (Å²) in [6.07, 6.45) is 0.173. The van der Waals surface area contributed by atoms with Crippen LogP contribution in [0.2, 0.25) is 0 Å². The van der Waals surface area contributed by atoms with E-state index in [1.807, 2.05) is 38.1 Å². The van der Waals surface area contributed by atoms with Gasteiger partial charge >= 0.3 is 6.09 Å². The van der Waals surface area contributed by atoms with Crippen LogP contribution in [0.1, 0.15) is 52.3 Å². The van der Waals surface area contributed by atoms with Crippen molar-refractivity contribution in [3.63, 3.8) is 0 Å². The number of benzene rings is 1. The molecule has 0 unspecified atom stereocenters. The van der Waals surface area contributed by atoms with Crippen LogP contribution in [0.25, 0.3) is 10.9 Å². The fourth-order valence-corrected chi connectivity index (χ4v) is 3.94. The summed E-state index contributed by atoms with van der Waals surface area (Å²) in [6.45, 7) is 9.46. The van der Waals surface area contributed by atoms with Crippen molar-refractivity contribution in [1.29, 1.82) is 0 Å². The molecule has 8 heteroatoms. The summed E-state index contributed by atoms with van der Waals surface area (Å²) in [5.74, 6) is -0.827. The Morgan fingerprint density at radius 2 is 1.94 bits per heavy atom. The number of nitrogens with two attached hydrogens (primary N) is 1. The van der Waals surface area contributed by atoms with Crippen molar-refractivity contribution in [2.24, 2.45) is 11.7 Å². The summed E-state index contributed by atoms with van der Waals surface area (Å²) < 4.78 is 5.57. The number of fused-ring (bicyclic) bond motifs is 3. The Bertz CT molecular complexity index is 989. The number of primary amides is 1. The van der Waals surface area contributed by atoms with Crippen LogP contribution in [0.3, 0.4) is 0 Å². The zero-order chi connectivity index (χ0) is 22.9. The van der Waals surface area contributed by atoms with E-state index in [9.17, 15) is 14.4 Å². The molecule has 0 fully saturated rings. The van der Waals surface area contributed by atoms with E-state index in [-0.39, 0.29) is 12.5 Å². The summed E-state index contributed by atoms with van der Waals surface area (Å²) in [6, 6.07) is 6.23. The third kappa shape index (κ3) is 5.18. The molecule has 0 aliphatic carbocycles. The number of H-pyrrole nitrogens is 1. The zero-order valence-corrected chi connectivity index (χ0v) is 18.8. The van der Waals surface area contributed by atoms with Crippen molar-refractivity contribution in [3.8, 4) is 0 Å². The van der Waals surface area contributed by atoms with Gasteiger partial charge in [0.2, 0.25) is 11.8 Å². The van der Waals surface area contributed by atoms with Crippen molar-refractivity contribution in [2.75, 3.05) is 0 Å². The minimum atomic E-state index is -0.810. The molecule has 3 amide bonds. The molecule has 31 heavy (non-hydrogen) atoms. The number of aromatic amines is 1. The summed E-state index contributed by atoms with van der Waals surface area (Å²) in [5, 5.41) is 3.78. The lowest BCUT2D eigenvalue weighted by molar-refractivity contribution is -0.131. The van der Waals surface area contributed by atoms with Crippen LogP contribution in [0.5, 0.6) is 0 Å². The Morgan fingerprint density at radius 3 is 2.55 bits per heavy atom. The van der Waals surface area contributed by atoms with Crippen molar-refractivity contribution < 1.29 is 19.1 Å². The second-order valence-corrected chi connectivity index (χ2v) is 9.55. The number of hydrogen-bond donors (Lipinski definition) is 3. The first-order chi connectivity index (χ1) is 14.5. The lowest BCUT2D eigenvalue weighted by Gasteiger charge is -2.36. The fraction of sp³-hybridized carbons (Fsp3) is 0.522. The molecule has 8 nitrogen and oxygen atoms in total. The largest absolute Gasteiger partial charge is 0.444 e. The van der Waals surface area contributed by atoms with Crippen LogP contribution >= 0.6 is 0 Å². The Morgan fingerprint density at radius 1 is 1.26 bits per heavy atom. The van der Waals surface area contributed by atoms with E-state index < -0.39 is 35.6 Å². The molecule has 168 valence electrons. The Kier molecular flexibility index (Phi) is 6.29. The van der Waals surface area contributed by atoms with Crippen LogP contribution in [0, 0.1) is 5.92 Å². The third-order valence-electron chi connectivity index (χ3n) is 5.30. The van der Waals surface area contributed by atoms with Gasteiger partial charge in [0.05, 0.1) is 6.54 Å². The van der Waals surface area contributed by atoms with Gasteiger partial charge in [0, 0.05) is 23.0 Å². The topological polar surface area (TPSA) is 118 Å². The molecule has 0 saturated carbocycles. The van der Waals surface area contributed by atoms with E-state index >= 15 is 0 Å². The number of hydrogen-bond acceptors (Lipinski definition) is 4. The second kappa shape index (κ2) is 8.61. The van der Waals surface area contributed by atoms with E-state index in [0.29, 0.717) is 12.8 Å². The van der Waals surface area contributed by atoms with Gasteiger partial charge in [-0.25, -0.2) is 4.79 Å². The van der Waals surface area contributed by atoms with Crippen molar-refractivity contribution in [1.82, 2.24) is 15.2 Å². The standard InChI is InChI=1S/C23H32N4O4/c1-13(2)10-17(20(24)28)26-21(29)19-11-15-14-8-6-7-9-16(14)25-18(15)12-27(19)22(30)31-23(3,4)5/h6-9,13,17,19,25H,10-12H2,1-5H3,(H2,24,28)(H,26,29)/t17-,19+/m0/s1. The van der Waals surface area contributed by atoms with Gasteiger partial charge in [-0.1, -0.05) is 32.0 Å². The highest BCUT2D eigenvalue weighted by atomic mass is 16.6. The van der Waals surface area contributed by atoms with Gasteiger partial charge in [-0.3, -0.25) is 14.5 Å². The number of nitrogens with one attached hydrogen (secondary N) is 2. The summed E-state index contributed by atoms with van der Waals surface area (Å²) in [4.78, 5) is 42.9. The lowest BCUT2D eigenvalue weighted by Crippen LogP contribution is -2.57. The Labute approximate surface area is 182 Å². The van der Waals surface area contributed by atoms with Crippen molar-refractivity contribution >= 4 is 28.8 Å². The van der Waals surface area contributed by atoms with Gasteiger partial charge < -0.3 is 20.8 Å². The highest BCUT2D eigenvalue weighted by Crippen LogP contribution is 2.31. The maximum atomic E-state index is 13.3. The second-order valence-electron chi connectivity index (χ2n) is 9.55. The quantitative estimate of drug-likeness (QED) is 0.679. The van der Waals surface area contributed by atoms with Gasteiger partial charge in [0.15, 0.2) is 0 Å². The number of amides is 3. The third-order valence-corrected chi connectivity index (χ3v) is 5.30. The Hall–Kier alpha value is -3.03. The first-order valence-electron chi connectivity index (χ1n) is 10.6. The summed E-state index contributed by atoms with van der Waals surface area (Å²) in [5.41, 5.74) is 7.64. The minimum Gasteiger partial charge on any atom is -0.444 e. The van der Waals surface area contributed by atoms with E-state index in [2.05, 4.69) is 10.3 Å². The SMILES string of the molecule is CC(C)C[C@H](NC(=O)[C@H]1Cc2c([nH]c3ccccc23)CN1C(=O)OC(C)(C)C)C(N)=O. The number of carbonyl (C=O) groups excluding carboxylic acids is 3. The number of para-hydroxylation sites is 1. The molecule has 2 aromatic rings. The normalized spacial score (nSPS) is 17.4. The van der Waals surface area contributed by atoms with Gasteiger partial charge in [0.1, 0.15) is 17.7 Å². The van der Waals surface area contributed by atoms with Crippen LogP contribution in [0.15, 0.2) is 24.3 Å². The number of ether oxygens (including phenoxy) is 1. The molecule has 2 heterocycles. The average Bonchev–Trinajstić information content (AvgIpc) is 3.02. The van der Waals surface area contributed by atoms with Gasteiger partial charge in [0.25, 0.3) is 0 Å². The van der Waals surface area contributed by atoms with E-state index in [0.717, 1.165) is 22.2 Å². The fourth-order valence-electron chi connectivity index (χ4n) is 3.94. The molecule has 0 bridgehead atoms. The van der Waals surface area contributed by atoms with E-state index in [1.54, 1.807) is 20.8 Å². The molecular formula is C23H32N4O4. The smallest absolute Gasteiger partial charge is 0.411 e. The van der Waals surface area contributed by atoms with Crippen molar-refractivity contribution in [3.05, 3.63) is 35.5 Å². The highest BCUT2D eigenvalue weighted by molar-refractivity contribution is 5.93. The molecule has 0 saturated heterocycles. The van der Waals surface area contributed by atoms with E-state index in [4.69, 9.17) is 10.5 Å². The number of carbonyl (C=O) groups is 3. The molecule has 4 N–H and O–H groups in total. The highest BCUT2D eigenvalue weighted by Gasteiger charge is 2.39. The van der Waals surface area contributed by atoms with Gasteiger partial charge in [-0.05, 0) is 44.7 Å². The molecule has 1 aliphatic rings. The summed E-state index contributed by atoms with van der Waals surface area (Å²) >= 11 is 0. The lowest BCUT2D eigenvalue weighted by atomic mass is 9.95. The monoisotopic (exact) mass is 428 g/mol. The zero-order valence-electron chi connectivity index (χ0n) is 18.8. The molecule has 1 aromatic carbocycles. The molecule has 1 aromatic heterocycles. The maximum absolute atomic E-state index is 13.3. The van der Waals surface area contributed by atoms with Crippen molar-refractivity contribution in [2.45, 2.75) is 71.7 Å². The predicted octanol–water partition coefficient (Wildman–Crippen LogP) is 2.85. The molecule has 0 spiro atoms. The minimum absolute atomic E-state index is 0.173. The van der Waals surface area contributed by atoms with Gasteiger partial charge in [-0.15, -0.1) is 0 Å². The maximum Gasteiger partial charge on any atom is 0.411 e. The van der Waals surface area contributed by atoms with Crippen LogP contribution in [-0.4, -0.2) is 45.5 Å². The van der Waals surface area contributed by atoms with Crippen LogP contribution < -0.4 is 11.1 Å². The van der Waals surface area contributed by atoms with Crippen LogP contribution in [-0.2, 0) is 27.3 Å². The number of rotatable bonds is 5. The molecular weight excluding hydrogens is 396 g/mol. The van der Waals surface area contributed by atoms with E-state index in [1.165, 1.54) is 4.90 Å². The number of nitrogens with zero attached hydrogens (tertiary/aromatic N) is 1. The molecule has 3 rings (SSSR count). The van der Waals surface area contributed by atoms with Gasteiger partial charge in [-0.2, -0.15) is 0 Å². The molecule has 2 atom stereocenters.